The van der Waals surface area contributed by atoms with E-state index in [1.165, 1.54) is 0 Å². The van der Waals surface area contributed by atoms with E-state index in [4.69, 9.17) is 8.85 Å². The maximum Gasteiger partial charge on any atom is 0.311 e. The Hall–Kier alpha value is 0.0406. The fraction of sp³-hybridized carbons (Fsp3) is 0.955. The first-order valence-corrected chi connectivity index (χ1v) is 19.9. The third-order valence-electron chi connectivity index (χ3n) is 7.56. The molecule has 0 saturated heterocycles. The van der Waals surface area contributed by atoms with E-state index >= 15 is 0 Å². The van der Waals surface area contributed by atoms with Gasteiger partial charge in [0.25, 0.3) is 8.32 Å². The number of hydrogen-bond donors (Lipinski definition) is 1. The third kappa shape index (κ3) is 7.59. The van der Waals surface area contributed by atoms with Gasteiger partial charge in [0.05, 0.1) is 6.10 Å². The highest BCUT2D eigenvalue weighted by molar-refractivity contribution is 6.78. The van der Waals surface area contributed by atoms with Crippen molar-refractivity contribution in [3.63, 3.8) is 0 Å². The van der Waals surface area contributed by atoms with Gasteiger partial charge in [0.15, 0.2) is 8.32 Å². The summed E-state index contributed by atoms with van der Waals surface area (Å²) in [5, 5.41) is 0.180. The Bertz CT molecular complexity index is 567. The fourth-order valence-corrected chi connectivity index (χ4v) is 6.07. The summed E-state index contributed by atoms with van der Waals surface area (Å²) < 4.78 is 12.9. The van der Waals surface area contributed by atoms with Gasteiger partial charge >= 0.3 is 5.97 Å². The summed E-state index contributed by atoms with van der Waals surface area (Å²) in [7, 11) is -6.16. The van der Waals surface area contributed by atoms with Crippen molar-refractivity contribution in [2.75, 3.05) is 0 Å². The van der Waals surface area contributed by atoms with Crippen LogP contribution in [0.25, 0.3) is 0 Å². The summed E-state index contributed by atoms with van der Waals surface area (Å²) in [6, 6.07) is -0.445. The maximum absolute atomic E-state index is 13.5. The molecule has 4 nitrogen and oxygen atoms in total. The standard InChI is InChI=1S/C22H51NO3Si3/c1-17(25-28(13,14)21(5,6)7)18(23-27(11,12)20(2,3)4)19(24)26-29(15,16)22(8,9)10/h17-18,23H,1-16H3. The molecule has 0 aliphatic carbocycles. The van der Waals surface area contributed by atoms with Crippen molar-refractivity contribution in [2.45, 2.75) is 136 Å². The van der Waals surface area contributed by atoms with Gasteiger partial charge in [-0.1, -0.05) is 75.4 Å². The molecule has 0 spiro atoms. The summed E-state index contributed by atoms with van der Waals surface area (Å²) in [5.74, 6) is -0.146. The largest absolute Gasteiger partial charge is 0.518 e. The van der Waals surface area contributed by atoms with Crippen molar-refractivity contribution in [1.29, 1.82) is 0 Å². The van der Waals surface area contributed by atoms with E-state index in [0.29, 0.717) is 0 Å². The molecule has 29 heavy (non-hydrogen) atoms. The number of carbonyl (C=O) groups is 1. The molecule has 1 N–H and O–H groups in total. The average Bonchev–Trinajstić information content (AvgIpc) is 2.39. The molecule has 0 aliphatic heterocycles. The molecular weight excluding hydrogens is 411 g/mol. The molecule has 0 aromatic rings. The van der Waals surface area contributed by atoms with Gasteiger partial charge in [-0.2, -0.15) is 0 Å². The molecule has 0 fully saturated rings. The van der Waals surface area contributed by atoms with Crippen molar-refractivity contribution in [1.82, 2.24) is 4.98 Å². The van der Waals surface area contributed by atoms with Gasteiger partial charge in [0, 0.05) is 0 Å². The molecule has 0 radical (unpaired) electrons. The number of nitrogens with one attached hydrogen (secondary N) is 1. The summed E-state index contributed by atoms with van der Waals surface area (Å²) >= 11 is 0. The zero-order valence-electron chi connectivity index (χ0n) is 22.4. The number of rotatable bonds is 7. The summed E-state index contributed by atoms with van der Waals surface area (Å²) in [5.41, 5.74) is 0. The zero-order chi connectivity index (χ0) is 23.9. The Kier molecular flexibility index (Phi) is 8.90. The van der Waals surface area contributed by atoms with E-state index in [0.717, 1.165) is 0 Å². The maximum atomic E-state index is 13.5. The Balaban J connectivity index is 5.94. The minimum atomic E-state index is -2.21. The van der Waals surface area contributed by atoms with Gasteiger partial charge in [0.2, 0.25) is 0 Å². The lowest BCUT2D eigenvalue weighted by Gasteiger charge is -2.45. The van der Waals surface area contributed by atoms with Crippen LogP contribution >= 0.6 is 0 Å². The van der Waals surface area contributed by atoms with Crippen molar-refractivity contribution in [3.8, 4) is 0 Å². The second-order valence-electron chi connectivity index (χ2n) is 13.3. The number of carbonyl (C=O) groups excluding carboxylic acids is 1. The van der Waals surface area contributed by atoms with E-state index in [9.17, 15) is 4.79 Å². The molecule has 0 bridgehead atoms. The van der Waals surface area contributed by atoms with Gasteiger partial charge in [0.1, 0.15) is 14.3 Å². The zero-order valence-corrected chi connectivity index (χ0v) is 25.4. The Morgan fingerprint density at radius 1 is 0.724 bits per heavy atom. The van der Waals surface area contributed by atoms with Crippen LogP contribution in [0.4, 0.5) is 0 Å². The van der Waals surface area contributed by atoms with Crippen molar-refractivity contribution in [3.05, 3.63) is 0 Å². The van der Waals surface area contributed by atoms with E-state index in [1.807, 2.05) is 6.92 Å². The highest BCUT2D eigenvalue weighted by Crippen LogP contribution is 2.40. The fourth-order valence-electron chi connectivity index (χ4n) is 2.15. The summed E-state index contributed by atoms with van der Waals surface area (Å²) in [6.07, 6.45) is -0.234. The molecule has 7 heteroatoms. The summed E-state index contributed by atoms with van der Waals surface area (Å²) in [4.78, 5) is 17.3. The van der Waals surface area contributed by atoms with E-state index < -0.39 is 30.9 Å². The minimum Gasteiger partial charge on any atom is -0.518 e. The van der Waals surface area contributed by atoms with Crippen LogP contribution in [0.15, 0.2) is 0 Å². The lowest BCUT2D eigenvalue weighted by molar-refractivity contribution is -0.139. The number of hydrogen-bond acceptors (Lipinski definition) is 4. The second-order valence-corrected chi connectivity index (χ2v) is 27.8. The molecule has 0 rings (SSSR count). The topological polar surface area (TPSA) is 47.6 Å². The SMILES string of the molecule is CC(O[Si](C)(C)C(C)(C)C)C(N[Si](C)(C)C(C)(C)C)C(=O)O[Si](C)(C)C(C)(C)C. The highest BCUT2D eigenvalue weighted by Gasteiger charge is 2.47. The van der Waals surface area contributed by atoms with Crippen LogP contribution in [0.2, 0.25) is 54.4 Å². The first-order valence-electron chi connectivity index (χ1n) is 11.0. The van der Waals surface area contributed by atoms with Gasteiger partial charge in [-0.15, -0.1) is 0 Å². The van der Waals surface area contributed by atoms with Crippen LogP contribution in [-0.4, -0.2) is 43.0 Å². The first kappa shape index (κ1) is 29.0. The van der Waals surface area contributed by atoms with Crippen LogP contribution in [0.5, 0.6) is 0 Å². The molecule has 174 valence electrons. The van der Waals surface area contributed by atoms with Crippen LogP contribution in [0.3, 0.4) is 0 Å². The predicted molar refractivity (Wildman–Crippen MR) is 135 cm³/mol. The Morgan fingerprint density at radius 3 is 1.41 bits per heavy atom. The Labute approximate surface area is 185 Å². The van der Waals surface area contributed by atoms with Gasteiger partial charge < -0.3 is 13.8 Å². The minimum absolute atomic E-state index is 0.0201. The third-order valence-corrected chi connectivity index (χ3v) is 21.2. The van der Waals surface area contributed by atoms with E-state index in [1.54, 1.807) is 0 Å². The monoisotopic (exact) mass is 461 g/mol. The molecule has 0 amide bonds. The lowest BCUT2D eigenvalue weighted by atomic mass is 10.2. The smallest absolute Gasteiger partial charge is 0.311 e. The molecular formula is C22H51NO3Si3. The normalized spacial score (nSPS) is 17.1. The predicted octanol–water partition coefficient (Wildman–Crippen LogP) is 6.91. The average molecular weight is 462 g/mol. The Morgan fingerprint density at radius 2 is 1.10 bits per heavy atom. The van der Waals surface area contributed by atoms with Crippen molar-refractivity contribution < 1.29 is 13.6 Å². The molecule has 0 heterocycles. The molecule has 2 unspecified atom stereocenters. The first-order chi connectivity index (χ1) is 12.4. The quantitative estimate of drug-likeness (QED) is 0.418. The molecule has 0 aliphatic rings. The molecule has 2 atom stereocenters. The molecule has 0 aromatic carbocycles. The van der Waals surface area contributed by atoms with Crippen LogP contribution in [0, 0.1) is 0 Å². The molecule has 0 aromatic heterocycles. The van der Waals surface area contributed by atoms with Crippen LogP contribution in [0.1, 0.15) is 69.2 Å². The summed E-state index contributed by atoms with van der Waals surface area (Å²) in [6.45, 7) is 35.3. The molecule has 0 saturated carbocycles. The van der Waals surface area contributed by atoms with Crippen molar-refractivity contribution in [2.24, 2.45) is 0 Å². The van der Waals surface area contributed by atoms with E-state index in [2.05, 4.69) is 107 Å². The van der Waals surface area contributed by atoms with E-state index in [-0.39, 0.29) is 27.2 Å². The van der Waals surface area contributed by atoms with Gasteiger partial charge in [-0.25, -0.2) is 0 Å². The highest BCUT2D eigenvalue weighted by atomic mass is 28.4. The lowest BCUT2D eigenvalue weighted by Crippen LogP contribution is -2.64. The second kappa shape index (κ2) is 8.88. The van der Waals surface area contributed by atoms with Crippen molar-refractivity contribution >= 4 is 30.8 Å². The van der Waals surface area contributed by atoms with Crippen LogP contribution in [-0.2, 0) is 13.6 Å². The van der Waals surface area contributed by atoms with Gasteiger partial charge in [-0.05, 0) is 48.2 Å². The van der Waals surface area contributed by atoms with Gasteiger partial charge in [-0.3, -0.25) is 4.79 Å². The van der Waals surface area contributed by atoms with Crippen LogP contribution < -0.4 is 4.98 Å².